The number of methoxy groups -OCH3 is 1. The Balaban J connectivity index is 1.95. The van der Waals surface area contributed by atoms with Crippen LogP contribution in [-0.2, 0) is 20.9 Å². The first-order valence-electron chi connectivity index (χ1n) is 7.99. The van der Waals surface area contributed by atoms with Gasteiger partial charge in [-0.3, -0.25) is 9.59 Å². The number of benzene rings is 2. The van der Waals surface area contributed by atoms with Crippen molar-refractivity contribution in [2.45, 2.75) is 6.54 Å². The van der Waals surface area contributed by atoms with Crippen LogP contribution in [-0.4, -0.2) is 30.2 Å². The second-order valence-electron chi connectivity index (χ2n) is 5.65. The molecule has 0 aliphatic rings. The molecule has 0 N–H and O–H groups in total. The second-order valence-corrected chi connectivity index (χ2v) is 8.35. The van der Waals surface area contributed by atoms with Gasteiger partial charge in [-0.15, -0.1) is 0 Å². The van der Waals surface area contributed by atoms with Crippen LogP contribution in [0.1, 0.15) is 0 Å². The number of fused-ring (bicyclic) bond motifs is 1. The van der Waals surface area contributed by atoms with E-state index in [1.165, 1.54) is 17.7 Å². The highest BCUT2D eigenvalue weighted by atomic mass is 35.5. The van der Waals surface area contributed by atoms with Gasteiger partial charge in [-0.05, 0) is 30.3 Å². The largest absolute Gasteiger partial charge is 0.482 e. The summed E-state index contributed by atoms with van der Waals surface area (Å²) >= 11 is 25.4. The molecule has 0 aliphatic heterocycles. The van der Waals surface area contributed by atoms with Gasteiger partial charge in [-0.2, -0.15) is 4.99 Å². The predicted molar refractivity (Wildman–Crippen MR) is 114 cm³/mol. The molecule has 0 saturated heterocycles. The third kappa shape index (κ3) is 5.24. The summed E-state index contributed by atoms with van der Waals surface area (Å²) in [5, 5.41) is 1.47. The number of nitrogens with zero attached hydrogens (tertiary/aromatic N) is 2. The minimum atomic E-state index is -0.580. The summed E-state index contributed by atoms with van der Waals surface area (Å²) in [5.41, 5.74) is 0.527. The minimum absolute atomic E-state index is 0.173. The van der Waals surface area contributed by atoms with Crippen molar-refractivity contribution in [3.05, 3.63) is 55.2 Å². The Bertz CT molecular complexity index is 1170. The lowest BCUT2D eigenvalue weighted by Crippen LogP contribution is -2.23. The zero-order valence-electron chi connectivity index (χ0n) is 14.7. The Labute approximate surface area is 189 Å². The standard InChI is InChI=1S/C18H12Cl4N2O4S/c1-27-16(26)7-24-17-12(22)5-10(20)6-14(17)29-18(24)23-15(25)8-28-13-3-2-9(19)4-11(13)21/h2-6H,7-8H2,1H3. The molecule has 11 heteroatoms. The number of thiazole rings is 1. The number of amides is 1. The van der Waals surface area contributed by atoms with E-state index in [1.807, 2.05) is 0 Å². The molecule has 0 radical (unpaired) electrons. The number of hydrogen-bond donors (Lipinski definition) is 0. The summed E-state index contributed by atoms with van der Waals surface area (Å²) in [4.78, 5) is 28.5. The Morgan fingerprint density at radius 3 is 2.48 bits per heavy atom. The number of hydrogen-bond acceptors (Lipinski definition) is 5. The lowest BCUT2D eigenvalue weighted by Gasteiger charge is -2.06. The third-order valence-corrected chi connectivity index (χ3v) is 5.74. The van der Waals surface area contributed by atoms with Crippen LogP contribution in [0.25, 0.3) is 10.2 Å². The fourth-order valence-electron chi connectivity index (χ4n) is 2.43. The number of esters is 1. The normalized spacial score (nSPS) is 11.7. The average Bonchev–Trinajstić information content (AvgIpc) is 2.97. The van der Waals surface area contributed by atoms with Crippen LogP contribution in [0, 0.1) is 0 Å². The van der Waals surface area contributed by atoms with Crippen LogP contribution < -0.4 is 9.54 Å². The molecule has 29 heavy (non-hydrogen) atoms. The smallest absolute Gasteiger partial charge is 0.325 e. The van der Waals surface area contributed by atoms with E-state index >= 15 is 0 Å². The molecule has 0 spiro atoms. The molecule has 0 saturated carbocycles. The topological polar surface area (TPSA) is 69.9 Å². The lowest BCUT2D eigenvalue weighted by atomic mass is 10.3. The highest BCUT2D eigenvalue weighted by molar-refractivity contribution is 7.16. The first-order valence-corrected chi connectivity index (χ1v) is 10.3. The monoisotopic (exact) mass is 492 g/mol. The zero-order chi connectivity index (χ0) is 21.1. The summed E-state index contributed by atoms with van der Waals surface area (Å²) in [5.74, 6) is -0.801. The van der Waals surface area contributed by atoms with E-state index in [9.17, 15) is 9.59 Å². The Morgan fingerprint density at radius 2 is 1.79 bits per heavy atom. The lowest BCUT2D eigenvalue weighted by molar-refractivity contribution is -0.141. The molecule has 3 rings (SSSR count). The number of carbonyl (C=O) groups excluding carboxylic acids is 2. The summed E-state index contributed by atoms with van der Waals surface area (Å²) < 4.78 is 12.3. The fraction of sp³-hybridized carbons (Fsp3) is 0.167. The number of halogens is 4. The number of rotatable bonds is 5. The van der Waals surface area contributed by atoms with Gasteiger partial charge in [-0.1, -0.05) is 57.7 Å². The van der Waals surface area contributed by atoms with Gasteiger partial charge >= 0.3 is 5.97 Å². The van der Waals surface area contributed by atoms with Gasteiger partial charge in [0.2, 0.25) is 0 Å². The molecule has 1 amide bonds. The van der Waals surface area contributed by atoms with Gasteiger partial charge in [0.15, 0.2) is 11.4 Å². The number of ether oxygens (including phenoxy) is 2. The molecule has 1 aromatic heterocycles. The molecule has 0 bridgehead atoms. The van der Waals surface area contributed by atoms with E-state index < -0.39 is 11.9 Å². The van der Waals surface area contributed by atoms with E-state index in [2.05, 4.69) is 4.99 Å². The number of carbonyl (C=O) groups is 2. The Kier molecular flexibility index (Phi) is 7.08. The third-order valence-electron chi connectivity index (χ3n) is 3.68. The summed E-state index contributed by atoms with van der Waals surface area (Å²) in [6.45, 7) is -0.532. The maximum atomic E-state index is 12.4. The molecule has 0 unspecified atom stereocenters. The zero-order valence-corrected chi connectivity index (χ0v) is 18.6. The van der Waals surface area contributed by atoms with Gasteiger partial charge in [0, 0.05) is 10.0 Å². The van der Waals surface area contributed by atoms with Crippen LogP contribution in [0.2, 0.25) is 20.1 Å². The van der Waals surface area contributed by atoms with Gasteiger partial charge in [-0.25, -0.2) is 0 Å². The quantitative estimate of drug-likeness (QED) is 0.469. The Morgan fingerprint density at radius 1 is 1.07 bits per heavy atom. The molecular weight excluding hydrogens is 482 g/mol. The van der Waals surface area contributed by atoms with E-state index in [4.69, 9.17) is 55.9 Å². The van der Waals surface area contributed by atoms with Crippen molar-refractivity contribution in [3.8, 4) is 5.75 Å². The molecule has 0 aliphatic carbocycles. The number of aromatic nitrogens is 1. The van der Waals surface area contributed by atoms with Crippen molar-refractivity contribution >= 4 is 79.8 Å². The predicted octanol–water partition coefficient (Wildman–Crippen LogP) is 5.00. The van der Waals surface area contributed by atoms with Crippen LogP contribution in [0.4, 0.5) is 0 Å². The van der Waals surface area contributed by atoms with Crippen molar-refractivity contribution in [2.75, 3.05) is 13.7 Å². The fourth-order valence-corrected chi connectivity index (χ4v) is 4.72. The molecule has 0 fully saturated rings. The van der Waals surface area contributed by atoms with Crippen LogP contribution in [0.5, 0.6) is 5.75 Å². The maximum Gasteiger partial charge on any atom is 0.325 e. The minimum Gasteiger partial charge on any atom is -0.482 e. The van der Waals surface area contributed by atoms with Crippen molar-refractivity contribution in [3.63, 3.8) is 0 Å². The maximum absolute atomic E-state index is 12.4. The van der Waals surface area contributed by atoms with Crippen LogP contribution >= 0.6 is 57.7 Å². The van der Waals surface area contributed by atoms with Gasteiger partial charge in [0.25, 0.3) is 5.91 Å². The van der Waals surface area contributed by atoms with Crippen molar-refractivity contribution in [2.24, 2.45) is 4.99 Å². The van der Waals surface area contributed by atoms with Crippen LogP contribution in [0.3, 0.4) is 0 Å². The molecule has 1 heterocycles. The molecule has 6 nitrogen and oxygen atoms in total. The Hall–Kier alpha value is -1.77. The molecule has 152 valence electrons. The summed E-state index contributed by atoms with van der Waals surface area (Å²) in [7, 11) is 1.27. The first-order chi connectivity index (χ1) is 13.8. The van der Waals surface area contributed by atoms with Crippen LogP contribution in [0.15, 0.2) is 35.3 Å². The summed E-state index contributed by atoms with van der Waals surface area (Å²) in [6, 6.07) is 7.86. The first kappa shape index (κ1) is 21.9. The highest BCUT2D eigenvalue weighted by Crippen LogP contribution is 2.30. The molecule has 0 atom stereocenters. The van der Waals surface area contributed by atoms with Gasteiger partial charge in [0.05, 0.1) is 27.4 Å². The molecule has 2 aromatic carbocycles. The van der Waals surface area contributed by atoms with E-state index in [-0.39, 0.29) is 23.0 Å². The van der Waals surface area contributed by atoms with Crippen molar-refractivity contribution in [1.29, 1.82) is 0 Å². The van der Waals surface area contributed by atoms with Gasteiger partial charge in [0.1, 0.15) is 12.3 Å². The second kappa shape index (κ2) is 9.36. The average molecular weight is 494 g/mol. The highest BCUT2D eigenvalue weighted by Gasteiger charge is 2.15. The SMILES string of the molecule is COC(=O)Cn1c(=NC(=O)COc2ccc(Cl)cc2Cl)sc2cc(Cl)cc(Cl)c21. The molecule has 3 aromatic rings. The van der Waals surface area contributed by atoms with E-state index in [1.54, 1.807) is 24.3 Å². The van der Waals surface area contributed by atoms with E-state index in [0.29, 0.717) is 31.0 Å². The van der Waals surface area contributed by atoms with Crippen molar-refractivity contribution < 1.29 is 19.1 Å². The van der Waals surface area contributed by atoms with E-state index in [0.717, 1.165) is 11.3 Å². The molecular formula is C18H12Cl4N2O4S. The van der Waals surface area contributed by atoms with Gasteiger partial charge < -0.3 is 14.0 Å². The van der Waals surface area contributed by atoms with Crippen molar-refractivity contribution in [1.82, 2.24) is 4.57 Å². The summed E-state index contributed by atoms with van der Waals surface area (Å²) in [6.07, 6.45) is 0.